The van der Waals surface area contributed by atoms with Gasteiger partial charge in [-0.1, -0.05) is 19.8 Å². The summed E-state index contributed by atoms with van der Waals surface area (Å²) in [5, 5.41) is 11.6. The molecular formula is C14H19NO3S. The van der Waals surface area contributed by atoms with Crippen LogP contribution in [-0.2, 0) is 4.79 Å². The molecule has 0 aliphatic heterocycles. The summed E-state index contributed by atoms with van der Waals surface area (Å²) in [7, 11) is 0. The van der Waals surface area contributed by atoms with Crippen LogP contribution >= 0.6 is 11.8 Å². The predicted octanol–water partition coefficient (Wildman–Crippen LogP) is 2.78. The quantitative estimate of drug-likeness (QED) is 0.754. The number of amides is 1. The number of hydrogen-bond donors (Lipinski definition) is 2. The molecule has 0 aromatic heterocycles. The van der Waals surface area contributed by atoms with Crippen molar-refractivity contribution in [2.45, 2.75) is 37.1 Å². The van der Waals surface area contributed by atoms with Crippen LogP contribution in [-0.4, -0.2) is 29.3 Å². The Bertz CT molecular complexity index is 431. The first-order chi connectivity index (χ1) is 9.08. The zero-order chi connectivity index (χ0) is 14.3. The highest BCUT2D eigenvalue weighted by Crippen LogP contribution is 2.15. The molecule has 19 heavy (non-hydrogen) atoms. The van der Waals surface area contributed by atoms with Crippen LogP contribution in [0.5, 0.6) is 0 Å². The largest absolute Gasteiger partial charge is 0.480 e. The van der Waals surface area contributed by atoms with Crippen molar-refractivity contribution in [3.63, 3.8) is 0 Å². The van der Waals surface area contributed by atoms with E-state index in [1.807, 2.05) is 25.3 Å². The van der Waals surface area contributed by atoms with E-state index in [2.05, 4.69) is 5.32 Å². The monoisotopic (exact) mass is 281 g/mol. The summed E-state index contributed by atoms with van der Waals surface area (Å²) in [5.41, 5.74) is 0.487. The fourth-order valence-electron chi connectivity index (χ4n) is 1.65. The molecule has 1 aromatic rings. The second kappa shape index (κ2) is 7.84. The first-order valence-electron chi connectivity index (χ1n) is 6.26. The number of nitrogens with one attached hydrogen (secondary N) is 1. The zero-order valence-corrected chi connectivity index (χ0v) is 12.0. The van der Waals surface area contributed by atoms with E-state index in [0.29, 0.717) is 12.0 Å². The average Bonchev–Trinajstić information content (AvgIpc) is 2.43. The van der Waals surface area contributed by atoms with Gasteiger partial charge in [0.05, 0.1) is 0 Å². The fraction of sp³-hybridized carbons (Fsp3) is 0.429. The van der Waals surface area contributed by atoms with Crippen molar-refractivity contribution < 1.29 is 14.7 Å². The minimum atomic E-state index is -0.984. The van der Waals surface area contributed by atoms with Crippen molar-refractivity contribution in [3.8, 4) is 0 Å². The average molecular weight is 281 g/mol. The molecule has 0 radical (unpaired) electrons. The molecule has 0 saturated carbocycles. The van der Waals surface area contributed by atoms with Gasteiger partial charge in [0, 0.05) is 10.5 Å². The third kappa shape index (κ3) is 4.95. The SMILES string of the molecule is CCCCC(NC(=O)c1ccc(SC)cc1)C(=O)O. The summed E-state index contributed by atoms with van der Waals surface area (Å²) in [4.78, 5) is 24.1. The predicted molar refractivity (Wildman–Crippen MR) is 76.6 cm³/mol. The number of carbonyl (C=O) groups is 2. The molecule has 1 rings (SSSR count). The molecule has 4 nitrogen and oxygen atoms in total. The number of thioether (sulfide) groups is 1. The number of unbranched alkanes of at least 4 members (excludes halogenated alkanes) is 1. The fourth-order valence-corrected chi connectivity index (χ4v) is 2.06. The summed E-state index contributed by atoms with van der Waals surface area (Å²) in [6, 6.07) is 6.30. The van der Waals surface area contributed by atoms with Gasteiger partial charge in [-0.15, -0.1) is 11.8 Å². The van der Waals surface area contributed by atoms with Crippen molar-refractivity contribution in [1.29, 1.82) is 0 Å². The highest BCUT2D eigenvalue weighted by atomic mass is 32.2. The third-order valence-corrected chi connectivity index (χ3v) is 3.55. The number of rotatable bonds is 7. The van der Waals surface area contributed by atoms with Crippen molar-refractivity contribution in [2.75, 3.05) is 6.26 Å². The second-order valence-electron chi connectivity index (χ2n) is 4.24. The Morgan fingerprint density at radius 2 is 1.95 bits per heavy atom. The Morgan fingerprint density at radius 1 is 1.32 bits per heavy atom. The van der Waals surface area contributed by atoms with Crippen LogP contribution in [0.1, 0.15) is 36.5 Å². The van der Waals surface area contributed by atoms with Gasteiger partial charge in [-0.25, -0.2) is 4.79 Å². The molecule has 0 heterocycles. The van der Waals surface area contributed by atoms with Crippen molar-refractivity contribution in [3.05, 3.63) is 29.8 Å². The van der Waals surface area contributed by atoms with Gasteiger partial charge < -0.3 is 10.4 Å². The van der Waals surface area contributed by atoms with Gasteiger partial charge >= 0.3 is 5.97 Å². The van der Waals surface area contributed by atoms with Gasteiger partial charge in [0.25, 0.3) is 5.91 Å². The Morgan fingerprint density at radius 3 is 2.42 bits per heavy atom. The number of carboxylic acid groups (broad SMARTS) is 1. The molecule has 5 heteroatoms. The van der Waals surface area contributed by atoms with Crippen LogP contribution < -0.4 is 5.32 Å². The number of hydrogen-bond acceptors (Lipinski definition) is 3. The second-order valence-corrected chi connectivity index (χ2v) is 5.11. The maximum absolute atomic E-state index is 11.9. The van der Waals surface area contributed by atoms with Gasteiger partial charge in [-0.2, -0.15) is 0 Å². The first kappa shape index (κ1) is 15.6. The van der Waals surface area contributed by atoms with Crippen molar-refractivity contribution >= 4 is 23.6 Å². The van der Waals surface area contributed by atoms with E-state index in [1.54, 1.807) is 23.9 Å². The molecule has 0 saturated heterocycles. The van der Waals surface area contributed by atoms with Gasteiger partial charge in [0.1, 0.15) is 6.04 Å². The molecule has 1 amide bonds. The standard InChI is InChI=1S/C14H19NO3S/c1-3-4-5-12(14(17)18)15-13(16)10-6-8-11(19-2)9-7-10/h6-9,12H,3-5H2,1-2H3,(H,15,16)(H,17,18). The van der Waals surface area contributed by atoms with Gasteiger partial charge in [-0.05, 0) is 36.9 Å². The molecule has 1 unspecified atom stereocenters. The first-order valence-corrected chi connectivity index (χ1v) is 7.48. The van der Waals surface area contributed by atoms with E-state index in [-0.39, 0.29) is 5.91 Å². The van der Waals surface area contributed by atoms with Gasteiger partial charge in [-0.3, -0.25) is 4.79 Å². The maximum Gasteiger partial charge on any atom is 0.326 e. The van der Waals surface area contributed by atoms with Crippen LogP contribution in [0.4, 0.5) is 0 Å². The van der Waals surface area contributed by atoms with Gasteiger partial charge in [0.15, 0.2) is 0 Å². The lowest BCUT2D eigenvalue weighted by atomic mass is 10.1. The lowest BCUT2D eigenvalue weighted by Gasteiger charge is -2.14. The van der Waals surface area contributed by atoms with E-state index in [4.69, 9.17) is 5.11 Å². The van der Waals surface area contributed by atoms with E-state index in [1.165, 1.54) is 0 Å². The van der Waals surface area contributed by atoms with E-state index >= 15 is 0 Å². The van der Waals surface area contributed by atoms with Crippen LogP contribution in [0.2, 0.25) is 0 Å². The number of carboxylic acids is 1. The Hall–Kier alpha value is -1.49. The van der Waals surface area contributed by atoms with E-state index in [0.717, 1.165) is 17.7 Å². The minimum absolute atomic E-state index is 0.337. The summed E-state index contributed by atoms with van der Waals surface area (Å²) in [6.45, 7) is 1.99. The Kier molecular flexibility index (Phi) is 6.42. The molecule has 1 aromatic carbocycles. The Balaban J connectivity index is 2.67. The molecule has 0 aliphatic carbocycles. The molecule has 0 aliphatic rings. The van der Waals surface area contributed by atoms with Crippen LogP contribution in [0.15, 0.2) is 29.2 Å². The molecule has 0 spiro atoms. The number of aliphatic carboxylic acids is 1. The van der Waals surface area contributed by atoms with Gasteiger partial charge in [0.2, 0.25) is 0 Å². The van der Waals surface area contributed by atoms with Crippen LogP contribution in [0.3, 0.4) is 0 Å². The Labute approximate surface area is 117 Å². The number of benzene rings is 1. The van der Waals surface area contributed by atoms with Crippen LogP contribution in [0, 0.1) is 0 Å². The highest BCUT2D eigenvalue weighted by molar-refractivity contribution is 7.98. The van der Waals surface area contributed by atoms with Crippen LogP contribution in [0.25, 0.3) is 0 Å². The van der Waals surface area contributed by atoms with E-state index in [9.17, 15) is 9.59 Å². The third-order valence-electron chi connectivity index (χ3n) is 2.80. The molecule has 2 N–H and O–H groups in total. The minimum Gasteiger partial charge on any atom is -0.480 e. The molecule has 0 bridgehead atoms. The summed E-state index contributed by atoms with van der Waals surface area (Å²) in [6.07, 6.45) is 4.10. The lowest BCUT2D eigenvalue weighted by Crippen LogP contribution is -2.40. The number of carbonyl (C=O) groups excluding carboxylic acids is 1. The topological polar surface area (TPSA) is 66.4 Å². The zero-order valence-electron chi connectivity index (χ0n) is 11.2. The highest BCUT2D eigenvalue weighted by Gasteiger charge is 2.19. The molecule has 104 valence electrons. The molecular weight excluding hydrogens is 262 g/mol. The summed E-state index contributed by atoms with van der Waals surface area (Å²) < 4.78 is 0. The lowest BCUT2D eigenvalue weighted by molar-refractivity contribution is -0.139. The van der Waals surface area contributed by atoms with E-state index < -0.39 is 12.0 Å². The summed E-state index contributed by atoms with van der Waals surface area (Å²) in [5.74, 6) is -1.32. The van der Waals surface area contributed by atoms with Crippen molar-refractivity contribution in [2.24, 2.45) is 0 Å². The molecule has 0 fully saturated rings. The maximum atomic E-state index is 11.9. The summed E-state index contributed by atoms with van der Waals surface area (Å²) >= 11 is 1.59. The normalized spacial score (nSPS) is 11.9. The smallest absolute Gasteiger partial charge is 0.326 e. The molecule has 1 atom stereocenters. The van der Waals surface area contributed by atoms with Crippen molar-refractivity contribution in [1.82, 2.24) is 5.32 Å².